The van der Waals surface area contributed by atoms with E-state index in [4.69, 9.17) is 10.8 Å². The summed E-state index contributed by atoms with van der Waals surface area (Å²) in [5.74, 6) is -2.12. The van der Waals surface area contributed by atoms with Gasteiger partial charge >= 0.3 is 5.97 Å². The Labute approximate surface area is 109 Å². The Bertz CT molecular complexity index is 488. The van der Waals surface area contributed by atoms with Gasteiger partial charge < -0.3 is 21.5 Å². The minimum Gasteiger partial charge on any atom is -0.480 e. The first-order valence-electron chi connectivity index (χ1n) is 5.58. The molecule has 1 aromatic rings. The summed E-state index contributed by atoms with van der Waals surface area (Å²) < 4.78 is 0. The Morgan fingerprint density at radius 3 is 2.53 bits per heavy atom. The number of carbonyl (C=O) groups excluding carboxylic acids is 2. The third-order valence-electron chi connectivity index (χ3n) is 2.27. The van der Waals surface area contributed by atoms with Gasteiger partial charge in [-0.25, -0.2) is 0 Å². The van der Waals surface area contributed by atoms with Crippen molar-refractivity contribution in [2.45, 2.75) is 6.54 Å². The maximum absolute atomic E-state index is 11.7. The fraction of sp³-hybridized carbons (Fsp3) is 0.250. The number of nitrogens with two attached hydrogens (primary N) is 1. The summed E-state index contributed by atoms with van der Waals surface area (Å²) in [6, 6.07) is 6.71. The first kappa shape index (κ1) is 14.7. The predicted molar refractivity (Wildman–Crippen MR) is 67.3 cm³/mol. The van der Waals surface area contributed by atoms with Crippen LogP contribution in [0.4, 0.5) is 0 Å². The van der Waals surface area contributed by atoms with Crippen molar-refractivity contribution in [3.63, 3.8) is 0 Å². The number of carboxylic acids is 1. The van der Waals surface area contributed by atoms with E-state index >= 15 is 0 Å². The van der Waals surface area contributed by atoms with Gasteiger partial charge in [0.15, 0.2) is 0 Å². The Morgan fingerprint density at radius 2 is 1.89 bits per heavy atom. The van der Waals surface area contributed by atoms with Gasteiger partial charge in [0, 0.05) is 12.1 Å². The van der Waals surface area contributed by atoms with Gasteiger partial charge in [-0.3, -0.25) is 14.4 Å². The maximum Gasteiger partial charge on any atom is 0.322 e. The predicted octanol–water partition coefficient (Wildman–Crippen LogP) is -0.924. The quantitative estimate of drug-likeness (QED) is 0.529. The Hall–Kier alpha value is -2.41. The molecule has 0 aliphatic heterocycles. The van der Waals surface area contributed by atoms with Crippen LogP contribution in [0.5, 0.6) is 0 Å². The molecule has 102 valence electrons. The molecule has 0 saturated carbocycles. The molecule has 0 atom stereocenters. The van der Waals surface area contributed by atoms with Crippen LogP contribution in [-0.2, 0) is 16.1 Å². The highest BCUT2D eigenvalue weighted by Gasteiger charge is 2.08. The molecule has 19 heavy (non-hydrogen) atoms. The topological polar surface area (TPSA) is 122 Å². The van der Waals surface area contributed by atoms with E-state index in [2.05, 4.69) is 10.6 Å². The molecule has 0 fully saturated rings. The van der Waals surface area contributed by atoms with Gasteiger partial charge in [-0.2, -0.15) is 0 Å². The van der Waals surface area contributed by atoms with Gasteiger partial charge in [-0.1, -0.05) is 12.1 Å². The molecule has 0 bridgehead atoms. The number of aliphatic carboxylic acids is 1. The summed E-state index contributed by atoms with van der Waals surface area (Å²) in [5, 5.41) is 12.9. The van der Waals surface area contributed by atoms with Crippen LogP contribution in [0.2, 0.25) is 0 Å². The first-order valence-corrected chi connectivity index (χ1v) is 5.58. The standard InChI is InChI=1S/C12H15N3O4/c13-5-8-2-1-3-9(4-8)12(19)15-6-10(16)14-7-11(17)18/h1-4H,5-7,13H2,(H,14,16)(H,15,19)(H,17,18). The van der Waals surface area contributed by atoms with E-state index in [0.717, 1.165) is 5.56 Å². The molecule has 7 heteroatoms. The molecular weight excluding hydrogens is 250 g/mol. The average Bonchev–Trinajstić information content (AvgIpc) is 2.42. The molecule has 1 aromatic carbocycles. The van der Waals surface area contributed by atoms with Crippen LogP contribution in [0.3, 0.4) is 0 Å². The van der Waals surface area contributed by atoms with Gasteiger partial charge in [0.2, 0.25) is 5.91 Å². The van der Waals surface area contributed by atoms with E-state index in [1.807, 2.05) is 0 Å². The molecule has 1 rings (SSSR count). The zero-order valence-corrected chi connectivity index (χ0v) is 10.2. The Balaban J connectivity index is 2.46. The Kier molecular flexibility index (Phi) is 5.49. The van der Waals surface area contributed by atoms with Gasteiger partial charge in [0.1, 0.15) is 6.54 Å². The fourth-order valence-electron chi connectivity index (χ4n) is 1.34. The van der Waals surface area contributed by atoms with Crippen molar-refractivity contribution >= 4 is 17.8 Å². The normalized spacial score (nSPS) is 9.74. The fourth-order valence-corrected chi connectivity index (χ4v) is 1.34. The lowest BCUT2D eigenvalue weighted by Gasteiger charge is -2.06. The largest absolute Gasteiger partial charge is 0.480 e. The number of benzene rings is 1. The second kappa shape index (κ2) is 7.12. The van der Waals surface area contributed by atoms with Crippen LogP contribution < -0.4 is 16.4 Å². The summed E-state index contributed by atoms with van der Waals surface area (Å²) in [6.45, 7) is -0.434. The SMILES string of the molecule is NCc1cccc(C(=O)NCC(=O)NCC(=O)O)c1. The first-order chi connectivity index (χ1) is 9.02. The molecule has 0 radical (unpaired) electrons. The van der Waals surface area contributed by atoms with Crippen LogP contribution in [0.25, 0.3) is 0 Å². The molecule has 0 heterocycles. The molecule has 0 aliphatic rings. The third kappa shape index (κ3) is 5.17. The smallest absolute Gasteiger partial charge is 0.322 e. The van der Waals surface area contributed by atoms with Crippen molar-refractivity contribution in [1.82, 2.24) is 10.6 Å². The van der Waals surface area contributed by atoms with Crippen molar-refractivity contribution in [3.8, 4) is 0 Å². The van der Waals surface area contributed by atoms with Crippen LogP contribution in [0.1, 0.15) is 15.9 Å². The zero-order chi connectivity index (χ0) is 14.3. The lowest BCUT2D eigenvalue weighted by Crippen LogP contribution is -2.39. The molecule has 0 unspecified atom stereocenters. The summed E-state index contributed by atoms with van der Waals surface area (Å²) in [4.78, 5) is 33.1. The van der Waals surface area contributed by atoms with E-state index in [1.54, 1.807) is 24.3 Å². The second-order valence-electron chi connectivity index (χ2n) is 3.76. The number of nitrogens with one attached hydrogen (secondary N) is 2. The molecule has 0 spiro atoms. The van der Waals surface area contributed by atoms with Crippen molar-refractivity contribution in [1.29, 1.82) is 0 Å². The minimum atomic E-state index is -1.14. The van der Waals surface area contributed by atoms with Gasteiger partial charge in [-0.05, 0) is 17.7 Å². The molecule has 5 N–H and O–H groups in total. The third-order valence-corrected chi connectivity index (χ3v) is 2.27. The average molecular weight is 265 g/mol. The number of hydrogen-bond acceptors (Lipinski definition) is 4. The Morgan fingerprint density at radius 1 is 1.16 bits per heavy atom. The van der Waals surface area contributed by atoms with E-state index in [9.17, 15) is 14.4 Å². The minimum absolute atomic E-state index is 0.279. The summed E-state index contributed by atoms with van der Waals surface area (Å²) in [6.07, 6.45) is 0. The van der Waals surface area contributed by atoms with Crippen molar-refractivity contribution in [2.75, 3.05) is 13.1 Å². The summed E-state index contributed by atoms with van der Waals surface area (Å²) in [7, 11) is 0. The molecular formula is C12H15N3O4. The van der Waals surface area contributed by atoms with E-state index < -0.39 is 24.3 Å². The number of hydrogen-bond donors (Lipinski definition) is 4. The van der Waals surface area contributed by atoms with E-state index in [-0.39, 0.29) is 6.54 Å². The lowest BCUT2D eigenvalue weighted by atomic mass is 10.1. The lowest BCUT2D eigenvalue weighted by molar-refractivity contribution is -0.137. The number of carboxylic acid groups (broad SMARTS) is 1. The van der Waals surface area contributed by atoms with Gasteiger partial charge in [0.25, 0.3) is 5.91 Å². The van der Waals surface area contributed by atoms with E-state index in [1.165, 1.54) is 0 Å². The van der Waals surface area contributed by atoms with Gasteiger partial charge in [-0.15, -0.1) is 0 Å². The van der Waals surface area contributed by atoms with Crippen molar-refractivity contribution < 1.29 is 19.5 Å². The van der Waals surface area contributed by atoms with Crippen molar-refractivity contribution in [3.05, 3.63) is 35.4 Å². The zero-order valence-electron chi connectivity index (χ0n) is 10.2. The number of carbonyl (C=O) groups is 3. The molecule has 7 nitrogen and oxygen atoms in total. The summed E-state index contributed by atoms with van der Waals surface area (Å²) in [5.41, 5.74) is 6.66. The summed E-state index contributed by atoms with van der Waals surface area (Å²) >= 11 is 0. The molecule has 2 amide bonds. The maximum atomic E-state index is 11.7. The molecule has 0 aliphatic carbocycles. The van der Waals surface area contributed by atoms with Crippen LogP contribution >= 0.6 is 0 Å². The highest BCUT2D eigenvalue weighted by atomic mass is 16.4. The highest BCUT2D eigenvalue weighted by Crippen LogP contribution is 2.04. The second-order valence-corrected chi connectivity index (χ2v) is 3.76. The van der Waals surface area contributed by atoms with Crippen molar-refractivity contribution in [2.24, 2.45) is 5.73 Å². The number of rotatable bonds is 6. The van der Waals surface area contributed by atoms with Crippen LogP contribution in [0.15, 0.2) is 24.3 Å². The van der Waals surface area contributed by atoms with Gasteiger partial charge in [0.05, 0.1) is 6.54 Å². The monoisotopic (exact) mass is 265 g/mol. The highest BCUT2D eigenvalue weighted by molar-refractivity contribution is 5.96. The van der Waals surface area contributed by atoms with E-state index in [0.29, 0.717) is 12.1 Å². The number of amides is 2. The molecule has 0 aromatic heterocycles. The van der Waals surface area contributed by atoms with Crippen LogP contribution in [-0.4, -0.2) is 36.0 Å². The molecule has 0 saturated heterocycles. The van der Waals surface area contributed by atoms with Crippen LogP contribution in [0, 0.1) is 0 Å².